The zero-order chi connectivity index (χ0) is 18.5. The molecule has 134 valence electrons. The Hall–Kier alpha value is -2.11. The molecular weight excluding hydrogens is 366 g/mol. The fraction of sp³-hybridized carbons (Fsp3) is 0.250. The smallest absolute Gasteiger partial charge is 0.196 e. The third kappa shape index (κ3) is 4.54. The number of aryl methyl sites for hydroxylation is 1. The van der Waals surface area contributed by atoms with Crippen LogP contribution in [0.3, 0.4) is 0 Å². The predicted octanol–water partition coefficient (Wildman–Crippen LogP) is 5.36. The topological polar surface area (TPSA) is 47.8 Å². The molecule has 0 amide bonds. The molecule has 0 aliphatic rings. The maximum atomic E-state index is 11.1. The van der Waals surface area contributed by atoms with Gasteiger partial charge in [0.1, 0.15) is 5.78 Å². The van der Waals surface area contributed by atoms with Gasteiger partial charge < -0.3 is 4.79 Å². The molecule has 0 fully saturated rings. The molecule has 0 saturated heterocycles. The summed E-state index contributed by atoms with van der Waals surface area (Å²) in [7, 11) is 0. The van der Waals surface area contributed by atoms with E-state index in [4.69, 9.17) is 11.6 Å². The van der Waals surface area contributed by atoms with E-state index in [0.29, 0.717) is 11.4 Å². The number of hydrogen-bond donors (Lipinski definition) is 0. The Morgan fingerprint density at radius 1 is 1.15 bits per heavy atom. The number of carbonyl (C=O) groups is 1. The molecule has 3 rings (SSSR count). The average molecular weight is 386 g/mol. The van der Waals surface area contributed by atoms with Crippen molar-refractivity contribution >= 4 is 29.1 Å². The van der Waals surface area contributed by atoms with Gasteiger partial charge in [-0.3, -0.25) is 4.57 Å². The van der Waals surface area contributed by atoms with E-state index >= 15 is 0 Å². The number of hydrogen-bond acceptors (Lipinski definition) is 4. The van der Waals surface area contributed by atoms with E-state index in [9.17, 15) is 4.79 Å². The molecule has 0 aliphatic carbocycles. The third-order valence-corrected chi connectivity index (χ3v) is 5.17. The highest BCUT2D eigenvalue weighted by molar-refractivity contribution is 7.99. The van der Waals surface area contributed by atoms with Crippen molar-refractivity contribution in [2.24, 2.45) is 0 Å². The van der Waals surface area contributed by atoms with Crippen molar-refractivity contribution in [3.63, 3.8) is 0 Å². The highest BCUT2D eigenvalue weighted by Gasteiger charge is 2.16. The van der Waals surface area contributed by atoms with Crippen LogP contribution in [0.5, 0.6) is 0 Å². The number of carbonyl (C=O) groups excluding carboxylic acids is 1. The Labute approximate surface area is 162 Å². The largest absolute Gasteiger partial charge is 0.300 e. The minimum Gasteiger partial charge on any atom is -0.300 e. The van der Waals surface area contributed by atoms with Gasteiger partial charge >= 0.3 is 0 Å². The summed E-state index contributed by atoms with van der Waals surface area (Å²) in [5, 5.41) is 10.3. The predicted molar refractivity (Wildman–Crippen MR) is 107 cm³/mol. The summed E-state index contributed by atoms with van der Waals surface area (Å²) >= 11 is 7.64. The molecule has 3 aromatic rings. The Bertz CT molecular complexity index is 906. The van der Waals surface area contributed by atoms with Crippen molar-refractivity contribution in [2.45, 2.75) is 31.8 Å². The SMILES string of the molecule is CC(=O)CCCSc1nnc(-c2ccc(Cl)cc2)n1-c1cccc(C)c1. The van der Waals surface area contributed by atoms with Crippen molar-refractivity contribution in [2.75, 3.05) is 5.75 Å². The van der Waals surface area contributed by atoms with Crippen LogP contribution in [0.15, 0.2) is 53.7 Å². The lowest BCUT2D eigenvalue weighted by Gasteiger charge is -2.11. The van der Waals surface area contributed by atoms with Crippen molar-refractivity contribution in [3.05, 3.63) is 59.1 Å². The minimum atomic E-state index is 0.215. The van der Waals surface area contributed by atoms with Crippen LogP contribution in [0.2, 0.25) is 5.02 Å². The molecule has 0 unspecified atom stereocenters. The summed E-state index contributed by atoms with van der Waals surface area (Å²) < 4.78 is 2.06. The van der Waals surface area contributed by atoms with Crippen molar-refractivity contribution in [3.8, 4) is 17.1 Å². The van der Waals surface area contributed by atoms with E-state index in [1.807, 2.05) is 30.3 Å². The molecule has 0 saturated carbocycles. The number of nitrogens with zero attached hydrogens (tertiary/aromatic N) is 3. The van der Waals surface area contributed by atoms with Crippen LogP contribution in [-0.4, -0.2) is 26.3 Å². The van der Waals surface area contributed by atoms with Crippen LogP contribution >= 0.6 is 23.4 Å². The van der Waals surface area contributed by atoms with E-state index in [-0.39, 0.29) is 5.78 Å². The monoisotopic (exact) mass is 385 g/mol. The molecule has 1 aromatic heterocycles. The molecule has 0 spiro atoms. The Kier molecular flexibility index (Phi) is 6.12. The van der Waals surface area contributed by atoms with Crippen molar-refractivity contribution in [1.82, 2.24) is 14.8 Å². The molecular formula is C20H20ClN3OS. The van der Waals surface area contributed by atoms with Gasteiger partial charge in [-0.2, -0.15) is 0 Å². The molecule has 0 N–H and O–H groups in total. The first-order valence-electron chi connectivity index (χ1n) is 8.45. The molecule has 0 aliphatic heterocycles. The zero-order valence-corrected chi connectivity index (χ0v) is 16.3. The van der Waals surface area contributed by atoms with Crippen molar-refractivity contribution < 1.29 is 4.79 Å². The molecule has 26 heavy (non-hydrogen) atoms. The van der Waals surface area contributed by atoms with Crippen molar-refractivity contribution in [1.29, 1.82) is 0 Å². The van der Waals surface area contributed by atoms with Crippen LogP contribution in [0.25, 0.3) is 17.1 Å². The van der Waals surface area contributed by atoms with E-state index in [1.54, 1.807) is 18.7 Å². The molecule has 4 nitrogen and oxygen atoms in total. The number of rotatable bonds is 7. The van der Waals surface area contributed by atoms with Gasteiger partial charge in [0.15, 0.2) is 11.0 Å². The second kappa shape index (κ2) is 8.52. The van der Waals surface area contributed by atoms with Gasteiger partial charge in [0, 0.05) is 28.4 Å². The minimum absolute atomic E-state index is 0.215. The number of aromatic nitrogens is 3. The standard InChI is InChI=1S/C20H20ClN3OS/c1-14-5-3-7-18(13-14)24-19(16-8-10-17(21)11-9-16)22-23-20(24)26-12-4-6-15(2)25/h3,5,7-11,13H,4,6,12H2,1-2H3. The summed E-state index contributed by atoms with van der Waals surface area (Å²) in [5.74, 6) is 1.82. The number of halogens is 1. The molecule has 6 heteroatoms. The number of benzene rings is 2. The molecule has 0 radical (unpaired) electrons. The highest BCUT2D eigenvalue weighted by Crippen LogP contribution is 2.29. The summed E-state index contributed by atoms with van der Waals surface area (Å²) in [6, 6.07) is 15.9. The summed E-state index contributed by atoms with van der Waals surface area (Å²) in [5.41, 5.74) is 3.15. The van der Waals surface area contributed by atoms with Crippen LogP contribution in [0.1, 0.15) is 25.3 Å². The second-order valence-electron chi connectivity index (χ2n) is 6.14. The Morgan fingerprint density at radius 2 is 1.92 bits per heavy atom. The summed E-state index contributed by atoms with van der Waals surface area (Å²) in [6.07, 6.45) is 1.42. The molecule has 0 bridgehead atoms. The Morgan fingerprint density at radius 3 is 2.62 bits per heavy atom. The van der Waals surface area contributed by atoms with E-state index < -0.39 is 0 Å². The summed E-state index contributed by atoms with van der Waals surface area (Å²) in [6.45, 7) is 3.69. The van der Waals surface area contributed by atoms with E-state index in [2.05, 4.69) is 39.9 Å². The van der Waals surface area contributed by atoms with Crippen LogP contribution < -0.4 is 0 Å². The van der Waals surface area contributed by atoms with Crippen LogP contribution in [0, 0.1) is 6.92 Å². The van der Waals surface area contributed by atoms with Gasteiger partial charge in [-0.05, 0) is 62.2 Å². The van der Waals surface area contributed by atoms with Gasteiger partial charge in [0.2, 0.25) is 0 Å². The fourth-order valence-corrected chi connectivity index (χ4v) is 3.65. The van der Waals surface area contributed by atoms with Gasteiger partial charge in [-0.1, -0.05) is 35.5 Å². The molecule has 0 atom stereocenters. The fourth-order valence-electron chi connectivity index (χ4n) is 2.63. The zero-order valence-electron chi connectivity index (χ0n) is 14.8. The first-order chi connectivity index (χ1) is 12.5. The van der Waals surface area contributed by atoms with E-state index in [0.717, 1.165) is 34.4 Å². The van der Waals surface area contributed by atoms with E-state index in [1.165, 1.54) is 5.56 Å². The van der Waals surface area contributed by atoms with Gasteiger partial charge in [0.05, 0.1) is 0 Å². The lowest BCUT2D eigenvalue weighted by molar-refractivity contribution is -0.117. The van der Waals surface area contributed by atoms with Gasteiger partial charge in [-0.25, -0.2) is 0 Å². The second-order valence-corrected chi connectivity index (χ2v) is 7.64. The van der Waals surface area contributed by atoms with Gasteiger partial charge in [0.25, 0.3) is 0 Å². The lowest BCUT2D eigenvalue weighted by atomic mass is 10.2. The number of ketones is 1. The molecule has 1 heterocycles. The van der Waals surface area contributed by atoms with Crippen LogP contribution in [0.4, 0.5) is 0 Å². The van der Waals surface area contributed by atoms with Gasteiger partial charge in [-0.15, -0.1) is 10.2 Å². The lowest BCUT2D eigenvalue weighted by Crippen LogP contribution is -2.00. The van der Waals surface area contributed by atoms with Crippen LogP contribution in [-0.2, 0) is 4.79 Å². The summed E-state index contributed by atoms with van der Waals surface area (Å²) in [4.78, 5) is 11.1. The maximum Gasteiger partial charge on any atom is 0.196 e. The number of Topliss-reactive ketones (excluding diaryl/α,β-unsaturated/α-hetero) is 1. The highest BCUT2D eigenvalue weighted by atomic mass is 35.5. The number of thioether (sulfide) groups is 1. The first kappa shape index (κ1) is 18.7. The first-order valence-corrected chi connectivity index (χ1v) is 9.81. The quantitative estimate of drug-likeness (QED) is 0.406. The average Bonchev–Trinajstić information content (AvgIpc) is 3.03. The third-order valence-electron chi connectivity index (χ3n) is 3.90. The maximum absolute atomic E-state index is 11.1. The normalized spacial score (nSPS) is 10.9. The molecule has 2 aromatic carbocycles. The Balaban J connectivity index is 1.97.